The fourth-order valence-electron chi connectivity index (χ4n) is 3.65. The predicted molar refractivity (Wildman–Crippen MR) is 88.0 cm³/mol. The first kappa shape index (κ1) is 15.7. The van der Waals surface area contributed by atoms with Crippen LogP contribution in [0.5, 0.6) is 0 Å². The molecular weight excluding hydrogens is 250 g/mol. The summed E-state index contributed by atoms with van der Waals surface area (Å²) in [5.74, 6) is 2.48. The molecule has 0 bridgehead atoms. The Balaban J connectivity index is 1.79. The molecule has 2 aliphatic rings. The van der Waals surface area contributed by atoms with Crippen molar-refractivity contribution >= 4 is 11.8 Å². The van der Waals surface area contributed by atoms with E-state index in [2.05, 4.69) is 24.0 Å². The topological polar surface area (TPSA) is 12.0 Å². The zero-order valence-corrected chi connectivity index (χ0v) is 13.6. The standard InChI is InChI=1S/C17H33NS/c1-2-13-18-16-11-5-3-4-6-12-17(16)19-14-15-9-7-8-10-15/h15-18H,2-14H2,1H3. The molecule has 0 saturated heterocycles. The van der Waals surface area contributed by atoms with E-state index in [9.17, 15) is 0 Å². The molecule has 0 aromatic rings. The lowest BCUT2D eigenvalue weighted by Gasteiger charge is -2.30. The van der Waals surface area contributed by atoms with Crippen molar-refractivity contribution in [3.63, 3.8) is 0 Å². The lowest BCUT2D eigenvalue weighted by atomic mass is 9.96. The molecule has 2 saturated carbocycles. The van der Waals surface area contributed by atoms with E-state index >= 15 is 0 Å². The number of hydrogen-bond acceptors (Lipinski definition) is 2. The van der Waals surface area contributed by atoms with E-state index in [1.165, 1.54) is 82.9 Å². The molecular formula is C17H33NS. The van der Waals surface area contributed by atoms with Gasteiger partial charge in [-0.15, -0.1) is 0 Å². The Bertz CT molecular complexity index is 223. The summed E-state index contributed by atoms with van der Waals surface area (Å²) in [6.07, 6.45) is 16.0. The van der Waals surface area contributed by atoms with Gasteiger partial charge in [0.25, 0.3) is 0 Å². The summed E-state index contributed by atoms with van der Waals surface area (Å²) in [6.45, 7) is 3.50. The summed E-state index contributed by atoms with van der Waals surface area (Å²) in [7, 11) is 0. The highest BCUT2D eigenvalue weighted by Gasteiger charge is 2.24. The Kier molecular flexibility index (Phi) is 7.67. The van der Waals surface area contributed by atoms with E-state index in [0.717, 1.165) is 17.2 Å². The van der Waals surface area contributed by atoms with Crippen molar-refractivity contribution in [1.82, 2.24) is 5.32 Å². The minimum atomic E-state index is 0.798. The van der Waals surface area contributed by atoms with Gasteiger partial charge in [-0.2, -0.15) is 11.8 Å². The van der Waals surface area contributed by atoms with E-state index in [1.807, 2.05) is 0 Å². The molecule has 0 aliphatic heterocycles. The molecule has 112 valence electrons. The first-order chi connectivity index (χ1) is 9.40. The van der Waals surface area contributed by atoms with Crippen molar-refractivity contribution in [2.75, 3.05) is 12.3 Å². The monoisotopic (exact) mass is 283 g/mol. The van der Waals surface area contributed by atoms with Crippen LogP contribution in [0.3, 0.4) is 0 Å². The van der Waals surface area contributed by atoms with Crippen LogP contribution in [0.25, 0.3) is 0 Å². The summed E-state index contributed by atoms with van der Waals surface area (Å²) in [5, 5.41) is 4.74. The minimum absolute atomic E-state index is 0.798. The minimum Gasteiger partial charge on any atom is -0.313 e. The van der Waals surface area contributed by atoms with Crippen LogP contribution in [0.15, 0.2) is 0 Å². The molecule has 0 aromatic carbocycles. The molecule has 2 aliphatic carbocycles. The smallest absolute Gasteiger partial charge is 0.0201 e. The fourth-order valence-corrected chi connectivity index (χ4v) is 5.30. The second-order valence-corrected chi connectivity index (χ2v) is 7.85. The van der Waals surface area contributed by atoms with Crippen molar-refractivity contribution in [2.24, 2.45) is 5.92 Å². The van der Waals surface area contributed by atoms with Gasteiger partial charge in [-0.1, -0.05) is 45.4 Å². The molecule has 2 atom stereocenters. The Morgan fingerprint density at radius 1 is 0.895 bits per heavy atom. The fraction of sp³-hybridized carbons (Fsp3) is 1.00. The van der Waals surface area contributed by atoms with E-state index < -0.39 is 0 Å². The van der Waals surface area contributed by atoms with Crippen LogP contribution in [0.1, 0.15) is 77.6 Å². The van der Waals surface area contributed by atoms with Crippen molar-refractivity contribution < 1.29 is 0 Å². The molecule has 1 nitrogen and oxygen atoms in total. The Morgan fingerprint density at radius 2 is 1.58 bits per heavy atom. The third kappa shape index (κ3) is 5.67. The molecule has 1 N–H and O–H groups in total. The van der Waals surface area contributed by atoms with Crippen LogP contribution in [-0.4, -0.2) is 23.6 Å². The molecule has 0 amide bonds. The lowest BCUT2D eigenvalue weighted by Crippen LogP contribution is -2.39. The molecule has 2 fully saturated rings. The Hall–Kier alpha value is 0.310. The van der Waals surface area contributed by atoms with Gasteiger partial charge < -0.3 is 5.32 Å². The molecule has 0 radical (unpaired) electrons. The maximum absolute atomic E-state index is 3.84. The average Bonchev–Trinajstić information content (AvgIpc) is 2.90. The van der Waals surface area contributed by atoms with Crippen LogP contribution in [0.2, 0.25) is 0 Å². The van der Waals surface area contributed by atoms with E-state index in [0.29, 0.717) is 0 Å². The van der Waals surface area contributed by atoms with Gasteiger partial charge >= 0.3 is 0 Å². The number of nitrogens with one attached hydrogen (secondary N) is 1. The molecule has 0 aromatic heterocycles. The van der Waals surface area contributed by atoms with E-state index in [1.54, 1.807) is 0 Å². The van der Waals surface area contributed by atoms with Crippen molar-refractivity contribution in [1.29, 1.82) is 0 Å². The third-order valence-electron chi connectivity index (χ3n) is 4.88. The second-order valence-electron chi connectivity index (χ2n) is 6.57. The summed E-state index contributed by atoms with van der Waals surface area (Å²) in [4.78, 5) is 0. The first-order valence-corrected chi connectivity index (χ1v) is 9.80. The highest BCUT2D eigenvalue weighted by Crippen LogP contribution is 2.33. The maximum atomic E-state index is 3.84. The van der Waals surface area contributed by atoms with Gasteiger partial charge in [-0.25, -0.2) is 0 Å². The Morgan fingerprint density at radius 3 is 2.32 bits per heavy atom. The quantitative estimate of drug-likeness (QED) is 0.736. The van der Waals surface area contributed by atoms with Crippen LogP contribution in [0.4, 0.5) is 0 Å². The SMILES string of the molecule is CCCNC1CCCCCCC1SCC1CCCC1. The third-order valence-corrected chi connectivity index (χ3v) is 6.54. The lowest BCUT2D eigenvalue weighted by molar-refractivity contribution is 0.399. The maximum Gasteiger partial charge on any atom is 0.0201 e. The summed E-state index contributed by atoms with van der Waals surface area (Å²) < 4.78 is 0. The van der Waals surface area contributed by atoms with E-state index in [4.69, 9.17) is 0 Å². The van der Waals surface area contributed by atoms with Crippen LogP contribution >= 0.6 is 11.8 Å². The largest absolute Gasteiger partial charge is 0.313 e. The molecule has 2 rings (SSSR count). The van der Waals surface area contributed by atoms with Gasteiger partial charge in [0.1, 0.15) is 0 Å². The Labute approximate surface area is 124 Å². The molecule has 19 heavy (non-hydrogen) atoms. The van der Waals surface area contributed by atoms with Gasteiger partial charge in [-0.05, 0) is 50.3 Å². The summed E-state index contributed by atoms with van der Waals surface area (Å²) in [6, 6.07) is 0.798. The van der Waals surface area contributed by atoms with Gasteiger partial charge in [0, 0.05) is 11.3 Å². The first-order valence-electron chi connectivity index (χ1n) is 8.75. The normalized spacial score (nSPS) is 30.2. The van der Waals surface area contributed by atoms with Crippen LogP contribution in [-0.2, 0) is 0 Å². The highest BCUT2D eigenvalue weighted by molar-refractivity contribution is 7.99. The highest BCUT2D eigenvalue weighted by atomic mass is 32.2. The predicted octanol–water partition coefficient (Wildman–Crippen LogP) is 5.00. The van der Waals surface area contributed by atoms with E-state index in [-0.39, 0.29) is 0 Å². The summed E-state index contributed by atoms with van der Waals surface area (Å²) in [5.41, 5.74) is 0. The molecule has 0 spiro atoms. The molecule has 2 heteroatoms. The molecule has 2 unspecified atom stereocenters. The zero-order valence-electron chi connectivity index (χ0n) is 12.8. The van der Waals surface area contributed by atoms with Gasteiger partial charge in [-0.3, -0.25) is 0 Å². The average molecular weight is 284 g/mol. The number of thioether (sulfide) groups is 1. The van der Waals surface area contributed by atoms with Gasteiger partial charge in [0.05, 0.1) is 0 Å². The number of hydrogen-bond donors (Lipinski definition) is 1. The second kappa shape index (κ2) is 9.28. The van der Waals surface area contributed by atoms with Crippen LogP contribution < -0.4 is 5.32 Å². The van der Waals surface area contributed by atoms with Gasteiger partial charge in [0.15, 0.2) is 0 Å². The van der Waals surface area contributed by atoms with Gasteiger partial charge in [0.2, 0.25) is 0 Å². The van der Waals surface area contributed by atoms with Crippen molar-refractivity contribution in [2.45, 2.75) is 88.8 Å². The van der Waals surface area contributed by atoms with Crippen molar-refractivity contribution in [3.05, 3.63) is 0 Å². The zero-order chi connectivity index (χ0) is 13.3. The van der Waals surface area contributed by atoms with Crippen LogP contribution in [0, 0.1) is 5.92 Å². The number of rotatable bonds is 6. The van der Waals surface area contributed by atoms with Crippen molar-refractivity contribution in [3.8, 4) is 0 Å². The summed E-state index contributed by atoms with van der Waals surface area (Å²) >= 11 is 2.31. The molecule has 0 heterocycles.